The Morgan fingerprint density at radius 1 is 1.14 bits per heavy atom. The van der Waals surface area contributed by atoms with Crippen LogP contribution < -0.4 is 0 Å². The molecule has 0 heterocycles. The second kappa shape index (κ2) is 7.92. The first-order chi connectivity index (χ1) is 10.2. The van der Waals surface area contributed by atoms with E-state index >= 15 is 0 Å². The topological polar surface area (TPSA) is 132 Å². The number of thioether (sulfide) groups is 1. The van der Waals surface area contributed by atoms with Crippen LogP contribution in [0.1, 0.15) is 45.7 Å². The number of rotatable bonds is 7. The van der Waals surface area contributed by atoms with Gasteiger partial charge in [0.05, 0.1) is 17.2 Å². The molecule has 1 aromatic carbocycles. The smallest absolute Gasteiger partial charge is 0.336 e. The minimum Gasteiger partial charge on any atom is -0.478 e. The molecule has 2 unspecified atom stereocenters. The molecule has 0 saturated carbocycles. The molecule has 0 aliphatic rings. The molecule has 2 atom stereocenters. The first kappa shape index (κ1) is 18.1. The fourth-order valence-electron chi connectivity index (χ4n) is 1.82. The summed E-state index contributed by atoms with van der Waals surface area (Å²) in [6.07, 6.45) is -2.66. The summed E-state index contributed by atoms with van der Waals surface area (Å²) in [7, 11) is 0. The van der Waals surface area contributed by atoms with Crippen molar-refractivity contribution in [3.63, 3.8) is 0 Å². The number of aromatic carboxylic acids is 2. The Morgan fingerprint density at radius 3 is 2.27 bits per heavy atom. The molecule has 120 valence electrons. The zero-order valence-corrected chi connectivity index (χ0v) is 12.5. The molecule has 1 rings (SSSR count). The molecule has 0 saturated heterocycles. The van der Waals surface area contributed by atoms with Crippen LogP contribution in [-0.2, 0) is 4.79 Å². The average Bonchev–Trinajstić information content (AvgIpc) is 2.45. The van der Waals surface area contributed by atoms with Crippen molar-refractivity contribution in [2.75, 3.05) is 5.75 Å². The van der Waals surface area contributed by atoms with Gasteiger partial charge in [0, 0.05) is 12.7 Å². The molecule has 1 aromatic rings. The van der Waals surface area contributed by atoms with Crippen molar-refractivity contribution in [3.8, 4) is 0 Å². The molecule has 0 fully saturated rings. The van der Waals surface area contributed by atoms with Crippen molar-refractivity contribution >= 4 is 28.8 Å². The Balaban J connectivity index is 2.96. The third-order valence-electron chi connectivity index (χ3n) is 2.93. The van der Waals surface area contributed by atoms with Gasteiger partial charge in [-0.15, -0.1) is 0 Å². The van der Waals surface area contributed by atoms with Gasteiger partial charge in [-0.3, -0.25) is 4.79 Å². The third kappa shape index (κ3) is 4.83. The van der Waals surface area contributed by atoms with E-state index in [2.05, 4.69) is 0 Å². The van der Waals surface area contributed by atoms with Crippen LogP contribution in [0.25, 0.3) is 0 Å². The van der Waals surface area contributed by atoms with Crippen molar-refractivity contribution < 1.29 is 34.8 Å². The Kier molecular flexibility index (Phi) is 6.54. The van der Waals surface area contributed by atoms with Gasteiger partial charge in [0.1, 0.15) is 6.10 Å². The number of benzene rings is 1. The quantitative estimate of drug-likeness (QED) is 0.586. The van der Waals surface area contributed by atoms with Crippen LogP contribution in [0.5, 0.6) is 0 Å². The van der Waals surface area contributed by atoms with Crippen molar-refractivity contribution in [3.05, 3.63) is 34.9 Å². The molecule has 0 aliphatic carbocycles. The minimum absolute atomic E-state index is 0.0715. The molecule has 4 N–H and O–H groups in total. The molecular weight excluding hydrogens is 312 g/mol. The monoisotopic (exact) mass is 328 g/mol. The summed E-state index contributed by atoms with van der Waals surface area (Å²) in [5.74, 6) is -2.41. The average molecular weight is 328 g/mol. The van der Waals surface area contributed by atoms with Gasteiger partial charge in [-0.1, -0.05) is 17.8 Å². The van der Waals surface area contributed by atoms with Gasteiger partial charge < -0.3 is 20.4 Å². The molecule has 8 heteroatoms. The molecule has 0 amide bonds. The van der Waals surface area contributed by atoms with E-state index in [4.69, 9.17) is 10.2 Å². The maximum absolute atomic E-state index is 11.2. The Hall–Kier alpha value is -1.90. The first-order valence-electron chi connectivity index (χ1n) is 6.34. The minimum atomic E-state index is -1.48. The van der Waals surface area contributed by atoms with Crippen LogP contribution in [-0.4, -0.2) is 49.3 Å². The SMILES string of the molecule is CC(=O)SCCC(O)C(O)c1ccc(C(=O)O)cc1C(=O)O. The lowest BCUT2D eigenvalue weighted by Gasteiger charge is -2.19. The van der Waals surface area contributed by atoms with E-state index in [1.165, 1.54) is 13.0 Å². The van der Waals surface area contributed by atoms with Crippen LogP contribution in [0.4, 0.5) is 0 Å². The molecule has 0 bridgehead atoms. The Labute approximate surface area is 130 Å². The van der Waals surface area contributed by atoms with Crippen LogP contribution in [0, 0.1) is 0 Å². The summed E-state index contributed by atoms with van der Waals surface area (Å²) in [6.45, 7) is 1.38. The van der Waals surface area contributed by atoms with Crippen LogP contribution in [0.2, 0.25) is 0 Å². The molecule has 7 nitrogen and oxygen atoms in total. The van der Waals surface area contributed by atoms with E-state index in [0.29, 0.717) is 0 Å². The van der Waals surface area contributed by atoms with Crippen LogP contribution in [0.15, 0.2) is 18.2 Å². The lowest BCUT2D eigenvalue weighted by Crippen LogP contribution is -2.22. The number of carbonyl (C=O) groups is 3. The summed E-state index contributed by atoms with van der Waals surface area (Å²) < 4.78 is 0. The highest BCUT2D eigenvalue weighted by molar-refractivity contribution is 8.13. The summed E-state index contributed by atoms with van der Waals surface area (Å²) in [5, 5.41) is 37.8. The van der Waals surface area contributed by atoms with E-state index in [1.54, 1.807) is 0 Å². The number of hydrogen-bond donors (Lipinski definition) is 4. The molecule has 0 radical (unpaired) electrons. The number of aliphatic hydroxyl groups excluding tert-OH is 2. The van der Waals surface area contributed by atoms with Crippen molar-refractivity contribution in [2.24, 2.45) is 0 Å². The van der Waals surface area contributed by atoms with Gasteiger partial charge >= 0.3 is 11.9 Å². The normalized spacial score (nSPS) is 13.4. The lowest BCUT2D eigenvalue weighted by molar-refractivity contribution is -0.109. The molecular formula is C14H16O7S. The van der Waals surface area contributed by atoms with E-state index in [0.717, 1.165) is 23.9 Å². The third-order valence-corrected chi connectivity index (χ3v) is 3.78. The van der Waals surface area contributed by atoms with Crippen molar-refractivity contribution in [1.82, 2.24) is 0 Å². The Morgan fingerprint density at radius 2 is 1.77 bits per heavy atom. The first-order valence-corrected chi connectivity index (χ1v) is 7.32. The highest BCUT2D eigenvalue weighted by Gasteiger charge is 2.24. The van der Waals surface area contributed by atoms with E-state index < -0.39 is 24.1 Å². The Bertz CT molecular complexity index is 585. The van der Waals surface area contributed by atoms with Gasteiger partial charge in [-0.05, 0) is 24.1 Å². The van der Waals surface area contributed by atoms with Crippen molar-refractivity contribution in [1.29, 1.82) is 0 Å². The second-order valence-corrected chi connectivity index (χ2v) is 5.83. The molecule has 0 spiro atoms. The van der Waals surface area contributed by atoms with Gasteiger partial charge in [0.2, 0.25) is 0 Å². The molecule has 0 aromatic heterocycles. The highest BCUT2D eigenvalue weighted by Crippen LogP contribution is 2.25. The number of hydrogen-bond acceptors (Lipinski definition) is 6. The fraction of sp³-hybridized carbons (Fsp3) is 0.357. The summed E-state index contributed by atoms with van der Waals surface area (Å²) >= 11 is 0.985. The zero-order chi connectivity index (χ0) is 16.9. The van der Waals surface area contributed by atoms with E-state index in [-0.39, 0.29) is 34.0 Å². The van der Waals surface area contributed by atoms with Crippen molar-refractivity contribution in [2.45, 2.75) is 25.6 Å². The maximum Gasteiger partial charge on any atom is 0.336 e. The summed E-state index contributed by atoms with van der Waals surface area (Å²) in [4.78, 5) is 32.8. The second-order valence-electron chi connectivity index (χ2n) is 4.55. The number of aliphatic hydroxyl groups is 2. The summed E-state index contributed by atoms with van der Waals surface area (Å²) in [5.41, 5.74) is -0.682. The molecule has 22 heavy (non-hydrogen) atoms. The van der Waals surface area contributed by atoms with Crippen LogP contribution >= 0.6 is 11.8 Å². The molecule has 0 aliphatic heterocycles. The van der Waals surface area contributed by atoms with Gasteiger partial charge in [-0.2, -0.15) is 0 Å². The largest absolute Gasteiger partial charge is 0.478 e. The van der Waals surface area contributed by atoms with Gasteiger partial charge in [-0.25, -0.2) is 9.59 Å². The van der Waals surface area contributed by atoms with Gasteiger partial charge in [0.25, 0.3) is 0 Å². The summed E-state index contributed by atoms with van der Waals surface area (Å²) in [6, 6.07) is 3.25. The number of carbonyl (C=O) groups excluding carboxylic acids is 1. The lowest BCUT2D eigenvalue weighted by atomic mass is 9.95. The van der Waals surface area contributed by atoms with Gasteiger partial charge in [0.15, 0.2) is 5.12 Å². The predicted octanol–water partition coefficient (Wildman–Crippen LogP) is 1.15. The highest BCUT2D eigenvalue weighted by atomic mass is 32.2. The van der Waals surface area contributed by atoms with E-state index in [1.807, 2.05) is 0 Å². The fourth-order valence-corrected chi connectivity index (χ4v) is 2.47. The predicted molar refractivity (Wildman–Crippen MR) is 79.1 cm³/mol. The standard InChI is InChI=1S/C14H16O7S/c1-7(15)22-5-4-11(16)12(17)9-3-2-8(13(18)19)6-10(9)14(20)21/h2-3,6,11-12,16-17H,4-5H2,1H3,(H,18,19)(H,20,21). The van der Waals surface area contributed by atoms with Crippen LogP contribution in [0.3, 0.4) is 0 Å². The number of carboxylic acid groups (broad SMARTS) is 2. The van der Waals surface area contributed by atoms with E-state index in [9.17, 15) is 24.6 Å². The maximum atomic E-state index is 11.2. The zero-order valence-electron chi connectivity index (χ0n) is 11.7. The number of carboxylic acids is 2.